The van der Waals surface area contributed by atoms with E-state index >= 15 is 0 Å². The summed E-state index contributed by atoms with van der Waals surface area (Å²) in [7, 11) is -3.64. The van der Waals surface area contributed by atoms with E-state index < -0.39 is 15.8 Å². The van der Waals surface area contributed by atoms with Gasteiger partial charge in [0.1, 0.15) is 5.75 Å². The molecule has 6 nitrogen and oxygen atoms in total. The van der Waals surface area contributed by atoms with Gasteiger partial charge in [-0.25, -0.2) is 13.2 Å². The number of hydrogen-bond acceptors (Lipinski definition) is 5. The van der Waals surface area contributed by atoms with Crippen molar-refractivity contribution in [2.45, 2.75) is 70.6 Å². The SMILES string of the molecule is CCCCC1(CCCC)CN(c2ccccc2)c2cc(CC)c(O/C=C/C(=O)O)cc2S(=O)(=O)C1. The van der Waals surface area contributed by atoms with Gasteiger partial charge < -0.3 is 14.7 Å². The molecule has 3 rings (SSSR count). The topological polar surface area (TPSA) is 83.9 Å². The van der Waals surface area contributed by atoms with Gasteiger partial charge in [0.2, 0.25) is 0 Å². The number of benzene rings is 2. The molecule has 0 spiro atoms. The fraction of sp³-hybridized carbons (Fsp3) is 0.464. The summed E-state index contributed by atoms with van der Waals surface area (Å²) in [6, 6.07) is 13.5. The van der Waals surface area contributed by atoms with Crippen LogP contribution in [-0.2, 0) is 21.1 Å². The molecule has 0 unspecified atom stereocenters. The molecule has 0 radical (unpaired) electrons. The molecule has 1 aliphatic heterocycles. The minimum atomic E-state index is -3.64. The number of para-hydroxylation sites is 1. The van der Waals surface area contributed by atoms with E-state index in [0.717, 1.165) is 62.1 Å². The lowest BCUT2D eigenvalue weighted by Gasteiger charge is -2.37. The van der Waals surface area contributed by atoms with Crippen LogP contribution in [0, 0.1) is 5.41 Å². The van der Waals surface area contributed by atoms with Crippen LogP contribution < -0.4 is 9.64 Å². The van der Waals surface area contributed by atoms with Crippen LogP contribution in [0.15, 0.2) is 59.7 Å². The summed E-state index contributed by atoms with van der Waals surface area (Å²) in [6.07, 6.45) is 8.30. The number of fused-ring (bicyclic) bond motifs is 1. The standard InChI is InChI=1S/C28H37NO5S/c1-4-7-15-28(16-8-5-2)20-29(23-12-10-9-11-13-23)24-18-22(6-3)25(34-17-14-27(30)31)19-26(24)35(32,33)21-28/h9-14,17-19H,4-8,15-16,20-21H2,1-3H3,(H,30,31)/b17-14+. The molecule has 1 aliphatic rings. The van der Waals surface area contributed by atoms with E-state index in [1.54, 1.807) is 6.07 Å². The summed E-state index contributed by atoms with van der Waals surface area (Å²) in [6.45, 7) is 6.89. The highest BCUT2D eigenvalue weighted by molar-refractivity contribution is 7.91. The van der Waals surface area contributed by atoms with E-state index in [9.17, 15) is 13.2 Å². The predicted octanol–water partition coefficient (Wildman–Crippen LogP) is 6.52. The molecule has 0 aliphatic carbocycles. The first-order chi connectivity index (χ1) is 16.7. The molecular weight excluding hydrogens is 462 g/mol. The number of unbranched alkanes of at least 4 members (excludes halogenated alkanes) is 2. The number of nitrogens with zero attached hydrogens (tertiary/aromatic N) is 1. The number of rotatable bonds is 11. The van der Waals surface area contributed by atoms with Gasteiger partial charge >= 0.3 is 5.97 Å². The number of ether oxygens (including phenoxy) is 1. The summed E-state index contributed by atoms with van der Waals surface area (Å²) < 4.78 is 33.5. The van der Waals surface area contributed by atoms with Crippen molar-refractivity contribution in [3.05, 3.63) is 60.4 Å². The molecule has 0 saturated heterocycles. The zero-order valence-corrected chi connectivity index (χ0v) is 21.8. The number of carboxylic acids is 1. The second kappa shape index (κ2) is 11.8. The Morgan fingerprint density at radius 2 is 1.74 bits per heavy atom. The van der Waals surface area contributed by atoms with Crippen molar-refractivity contribution in [3.8, 4) is 5.75 Å². The number of hydrogen-bond donors (Lipinski definition) is 1. The molecule has 190 valence electrons. The van der Waals surface area contributed by atoms with Crippen LogP contribution in [0.1, 0.15) is 64.9 Å². The van der Waals surface area contributed by atoms with E-state index in [2.05, 4.69) is 18.7 Å². The van der Waals surface area contributed by atoms with Crippen LogP contribution in [0.25, 0.3) is 0 Å². The second-order valence-electron chi connectivity index (χ2n) is 9.43. The normalized spacial score (nSPS) is 16.6. The van der Waals surface area contributed by atoms with E-state index in [4.69, 9.17) is 9.84 Å². The average molecular weight is 500 g/mol. The van der Waals surface area contributed by atoms with E-state index in [1.165, 1.54) is 0 Å². The van der Waals surface area contributed by atoms with Gasteiger partial charge in [-0.2, -0.15) is 0 Å². The molecule has 0 atom stereocenters. The highest BCUT2D eigenvalue weighted by Crippen LogP contribution is 2.46. The first-order valence-corrected chi connectivity index (χ1v) is 14.2. The zero-order chi connectivity index (χ0) is 25.5. The summed E-state index contributed by atoms with van der Waals surface area (Å²) in [5.41, 5.74) is 2.09. The predicted molar refractivity (Wildman–Crippen MR) is 140 cm³/mol. The largest absolute Gasteiger partial charge is 0.478 e. The van der Waals surface area contributed by atoms with Gasteiger partial charge in [0.15, 0.2) is 9.84 Å². The molecule has 0 bridgehead atoms. The summed E-state index contributed by atoms with van der Waals surface area (Å²) in [5, 5.41) is 8.92. The summed E-state index contributed by atoms with van der Waals surface area (Å²) >= 11 is 0. The number of anilines is 2. The monoisotopic (exact) mass is 499 g/mol. The Balaban J connectivity index is 2.22. The van der Waals surface area contributed by atoms with Crippen LogP contribution in [0.3, 0.4) is 0 Å². The smallest absolute Gasteiger partial charge is 0.331 e. The van der Waals surface area contributed by atoms with E-state index in [1.807, 2.05) is 43.3 Å². The van der Waals surface area contributed by atoms with Gasteiger partial charge in [0.25, 0.3) is 0 Å². The Hall–Kier alpha value is -2.80. The van der Waals surface area contributed by atoms with Crippen LogP contribution in [0.2, 0.25) is 0 Å². The number of carbonyl (C=O) groups is 1. The second-order valence-corrected chi connectivity index (χ2v) is 11.4. The minimum Gasteiger partial charge on any atom is -0.478 e. The molecule has 7 heteroatoms. The van der Waals surface area contributed by atoms with Gasteiger partial charge in [-0.3, -0.25) is 0 Å². The van der Waals surface area contributed by atoms with Crippen molar-refractivity contribution >= 4 is 27.2 Å². The lowest BCUT2D eigenvalue weighted by atomic mass is 9.79. The fourth-order valence-corrected chi connectivity index (χ4v) is 7.04. The molecule has 0 aromatic heterocycles. The van der Waals surface area contributed by atoms with Gasteiger partial charge in [-0.1, -0.05) is 64.7 Å². The molecule has 2 aromatic rings. The maximum atomic E-state index is 14.0. The van der Waals surface area contributed by atoms with Crippen molar-refractivity contribution in [2.24, 2.45) is 5.41 Å². The van der Waals surface area contributed by atoms with E-state index in [-0.39, 0.29) is 16.1 Å². The Labute approximate surface area is 209 Å². The van der Waals surface area contributed by atoms with Gasteiger partial charge in [-0.15, -0.1) is 0 Å². The number of sulfone groups is 1. The van der Waals surface area contributed by atoms with Crippen LogP contribution in [0.5, 0.6) is 5.75 Å². The van der Waals surface area contributed by atoms with E-state index in [0.29, 0.717) is 24.4 Å². The Bertz CT molecular complexity index is 1130. The number of aliphatic carboxylic acids is 1. The molecule has 1 heterocycles. The average Bonchev–Trinajstić information content (AvgIpc) is 2.93. The third kappa shape index (κ3) is 6.45. The highest BCUT2D eigenvalue weighted by atomic mass is 32.2. The quantitative estimate of drug-likeness (QED) is 0.280. The molecule has 2 aromatic carbocycles. The fourth-order valence-electron chi connectivity index (χ4n) is 4.92. The van der Waals surface area contributed by atoms with Crippen molar-refractivity contribution < 1.29 is 23.1 Å². The highest BCUT2D eigenvalue weighted by Gasteiger charge is 2.42. The van der Waals surface area contributed by atoms with Crippen LogP contribution >= 0.6 is 0 Å². The molecule has 35 heavy (non-hydrogen) atoms. The third-order valence-corrected chi connectivity index (χ3v) is 8.72. The lowest BCUT2D eigenvalue weighted by Crippen LogP contribution is -2.38. The molecular formula is C28H37NO5S. The van der Waals surface area contributed by atoms with Gasteiger partial charge in [0, 0.05) is 23.7 Å². The Morgan fingerprint density at radius 3 is 2.31 bits per heavy atom. The molecule has 1 N–H and O–H groups in total. The van der Waals surface area contributed by atoms with Crippen molar-refractivity contribution in [1.82, 2.24) is 0 Å². The Kier molecular flexibility index (Phi) is 9.00. The van der Waals surface area contributed by atoms with Crippen molar-refractivity contribution in [3.63, 3.8) is 0 Å². The van der Waals surface area contributed by atoms with Crippen molar-refractivity contribution in [2.75, 3.05) is 17.2 Å². The number of carboxylic acid groups (broad SMARTS) is 1. The minimum absolute atomic E-state index is 0.0895. The maximum Gasteiger partial charge on any atom is 0.331 e. The van der Waals surface area contributed by atoms with Crippen LogP contribution in [-0.4, -0.2) is 31.8 Å². The third-order valence-electron chi connectivity index (χ3n) is 6.73. The molecule has 0 fully saturated rings. The Morgan fingerprint density at radius 1 is 1.09 bits per heavy atom. The number of aryl methyl sites for hydroxylation is 1. The van der Waals surface area contributed by atoms with Crippen molar-refractivity contribution in [1.29, 1.82) is 0 Å². The summed E-state index contributed by atoms with van der Waals surface area (Å²) in [4.78, 5) is 13.3. The molecule has 0 saturated carbocycles. The van der Waals surface area contributed by atoms with Gasteiger partial charge in [-0.05, 0) is 43.0 Å². The first kappa shape index (κ1) is 26.8. The lowest BCUT2D eigenvalue weighted by molar-refractivity contribution is -0.131. The maximum absolute atomic E-state index is 14.0. The first-order valence-electron chi connectivity index (χ1n) is 12.5. The van der Waals surface area contributed by atoms with Crippen LogP contribution in [0.4, 0.5) is 11.4 Å². The zero-order valence-electron chi connectivity index (χ0n) is 21.0. The summed E-state index contributed by atoms with van der Waals surface area (Å²) in [5.74, 6) is -0.668. The molecule has 0 amide bonds. The van der Waals surface area contributed by atoms with Gasteiger partial charge in [0.05, 0.1) is 28.7 Å².